The number of rotatable bonds is 30. The summed E-state index contributed by atoms with van der Waals surface area (Å²) in [5, 5.41) is 67.6. The normalized spacial score (nSPS) is 24.6. The van der Waals surface area contributed by atoms with E-state index in [0.717, 1.165) is 64.0 Å². The highest BCUT2D eigenvalue weighted by molar-refractivity contribution is 7.85. The molecule has 2 unspecified atom stereocenters. The fraction of sp³-hybridized carbons (Fsp3) is 0.479. The highest BCUT2D eigenvalue weighted by atomic mass is 32.2. The van der Waals surface area contributed by atoms with E-state index in [1.54, 1.807) is 24.4 Å². The summed E-state index contributed by atoms with van der Waals surface area (Å²) >= 11 is 1.39. The molecule has 570 valence electrons. The first kappa shape index (κ1) is 76.8. The first-order valence-corrected chi connectivity index (χ1v) is 37.6. The van der Waals surface area contributed by atoms with Crippen molar-refractivity contribution in [3.8, 4) is 16.9 Å². The SMILES string of the molecule is Cc1c(-c2ccc(N3CCc4cccc(C(=O)Nc5nc6ccccc6s5)c4C3)nc2C(=O)O)cnn1CC12CC3(C)CC(C)(C1)CC(OCCN(C)C(=O)[C@@H](CS(=O)(=O)O)NC(=O)OCc1ccc(O[C@@H]4O[C@H](C(=O)O)[C@@H](O)[C@H](O)[C@H]4O)c(NC(=O)CCNC(=O)CCCCCN4C(=O)C=CC4=O)c1)(C3)C2. The zero-order valence-electron chi connectivity index (χ0n) is 59.2. The summed E-state index contributed by atoms with van der Waals surface area (Å²) in [5.41, 5.74) is 3.37. The Labute approximate surface area is 618 Å². The van der Waals surface area contributed by atoms with Gasteiger partial charge in [-0.15, -0.1) is 0 Å². The molecule has 5 fully saturated rings. The van der Waals surface area contributed by atoms with E-state index in [-0.39, 0.29) is 83.9 Å². The van der Waals surface area contributed by atoms with Crippen molar-refractivity contribution in [1.82, 2.24) is 40.2 Å². The minimum absolute atomic E-state index is 0.00131. The number of amides is 7. The average Bonchev–Trinajstić information content (AvgIpc) is 1.04. The van der Waals surface area contributed by atoms with Crippen molar-refractivity contribution < 1.29 is 101 Å². The van der Waals surface area contributed by atoms with Crippen molar-refractivity contribution in [2.24, 2.45) is 16.2 Å². The van der Waals surface area contributed by atoms with E-state index in [4.69, 9.17) is 29.0 Å². The highest BCUT2D eigenvalue weighted by Gasteiger charge is 2.66. The van der Waals surface area contributed by atoms with Crippen molar-refractivity contribution in [2.45, 2.75) is 160 Å². The predicted molar refractivity (Wildman–Crippen MR) is 384 cm³/mol. The Bertz CT molecular complexity index is 4570. The number of thiazole rings is 1. The van der Waals surface area contributed by atoms with Crippen molar-refractivity contribution in [2.75, 3.05) is 61.1 Å². The van der Waals surface area contributed by atoms with Crippen molar-refractivity contribution >= 4 is 102 Å². The number of carbonyl (C=O) groups excluding carboxylic acids is 7. The van der Waals surface area contributed by atoms with E-state index in [9.17, 15) is 81.7 Å². The molecule has 8 atom stereocenters. The molecule has 4 aliphatic carbocycles. The Kier molecular flexibility index (Phi) is 22.4. The number of anilines is 3. The number of nitrogens with zero attached hydrogens (tertiary/aromatic N) is 7. The molecule has 10 N–H and O–H groups in total. The number of aliphatic hydroxyl groups is 3. The van der Waals surface area contributed by atoms with E-state index >= 15 is 0 Å². The van der Waals surface area contributed by atoms with E-state index in [1.807, 2.05) is 52.9 Å². The van der Waals surface area contributed by atoms with Gasteiger partial charge in [0, 0.05) is 93.7 Å². The van der Waals surface area contributed by atoms with Gasteiger partial charge in [-0.1, -0.05) is 61.9 Å². The fourth-order valence-electron chi connectivity index (χ4n) is 17.1. The number of aliphatic hydroxyl groups excluding tert-OH is 3. The molecule has 34 heteroatoms. The molecule has 107 heavy (non-hydrogen) atoms. The number of benzene rings is 3. The number of ether oxygens (including phenoxy) is 4. The second-order valence-corrected chi connectivity index (χ2v) is 32.1. The number of aromatic carboxylic acids is 1. The molecule has 0 spiro atoms. The molecule has 7 aliphatic rings. The fourth-order valence-corrected chi connectivity index (χ4v) is 18.6. The van der Waals surface area contributed by atoms with Gasteiger partial charge in [-0.05, 0) is 140 Å². The van der Waals surface area contributed by atoms with Gasteiger partial charge in [0.1, 0.15) is 48.3 Å². The highest BCUT2D eigenvalue weighted by Crippen LogP contribution is 2.72. The molecule has 6 heterocycles. The predicted octanol–water partition coefficient (Wildman–Crippen LogP) is 5.35. The summed E-state index contributed by atoms with van der Waals surface area (Å²) in [6, 6.07) is 18.7. The number of likely N-dealkylation sites (N-methyl/N-ethyl adjacent to an activating group) is 1. The maximum absolute atomic E-state index is 14.1. The minimum atomic E-state index is -4.93. The number of carboxylic acids is 2. The number of aliphatic carboxylic acids is 1. The topological polar surface area (TPSA) is 448 Å². The van der Waals surface area contributed by atoms with Crippen LogP contribution in [0.4, 0.5) is 21.4 Å². The van der Waals surface area contributed by atoms with Crippen LogP contribution in [0.25, 0.3) is 21.3 Å². The van der Waals surface area contributed by atoms with Crippen LogP contribution in [0.2, 0.25) is 0 Å². The van der Waals surface area contributed by atoms with Crippen LogP contribution in [0.15, 0.2) is 91.1 Å². The molecular formula is C73H85N11O21S2. The monoisotopic (exact) mass is 1520 g/mol. The third kappa shape index (κ3) is 17.6. The van der Waals surface area contributed by atoms with Crippen molar-refractivity contribution in [3.05, 3.63) is 125 Å². The van der Waals surface area contributed by atoms with Crippen LogP contribution in [0, 0.1) is 23.2 Å². The summed E-state index contributed by atoms with van der Waals surface area (Å²) < 4.78 is 61.1. The van der Waals surface area contributed by atoms with Crippen LogP contribution in [0.1, 0.15) is 128 Å². The molecule has 3 aromatic carbocycles. The Morgan fingerprint density at radius 1 is 0.822 bits per heavy atom. The van der Waals surface area contributed by atoms with Crippen LogP contribution in [-0.2, 0) is 79.2 Å². The summed E-state index contributed by atoms with van der Waals surface area (Å²) in [5.74, 6) is -7.13. The van der Waals surface area contributed by atoms with Crippen LogP contribution in [0.5, 0.6) is 5.75 Å². The van der Waals surface area contributed by atoms with Gasteiger partial charge in [0.25, 0.3) is 27.8 Å². The van der Waals surface area contributed by atoms with Gasteiger partial charge in [-0.25, -0.2) is 24.4 Å². The molecule has 7 amide bonds. The van der Waals surface area contributed by atoms with Crippen LogP contribution < -0.4 is 30.9 Å². The lowest BCUT2D eigenvalue weighted by molar-refractivity contribution is -0.271. The molecule has 13 rings (SSSR count). The molecule has 32 nitrogen and oxygen atoms in total. The number of aromatic nitrogens is 4. The third-order valence-electron chi connectivity index (χ3n) is 20.8. The lowest BCUT2D eigenvalue weighted by Gasteiger charge is -2.69. The Balaban J connectivity index is 0.664. The molecule has 6 aromatic rings. The number of carboxylic acid groups (broad SMARTS) is 2. The quantitative estimate of drug-likeness (QED) is 0.0154. The molecule has 1 saturated heterocycles. The van der Waals surface area contributed by atoms with Gasteiger partial charge >= 0.3 is 18.0 Å². The lowest BCUT2D eigenvalue weighted by atomic mass is 9.39. The number of carbonyl (C=O) groups is 9. The summed E-state index contributed by atoms with van der Waals surface area (Å²) in [6.45, 7) is 7.14. The number of hydrogen-bond donors (Lipinski definition) is 10. The second-order valence-electron chi connectivity index (χ2n) is 29.5. The largest absolute Gasteiger partial charge is 0.479 e. The summed E-state index contributed by atoms with van der Waals surface area (Å²) in [4.78, 5) is 130. The number of unbranched alkanes of at least 4 members (excludes halogenated alkanes) is 2. The van der Waals surface area contributed by atoms with Gasteiger partial charge in [-0.3, -0.25) is 48.2 Å². The van der Waals surface area contributed by atoms with Crippen molar-refractivity contribution in [3.63, 3.8) is 0 Å². The lowest BCUT2D eigenvalue weighted by Crippen LogP contribution is -2.64. The van der Waals surface area contributed by atoms with Crippen LogP contribution >= 0.6 is 11.3 Å². The number of imide groups is 1. The zero-order valence-corrected chi connectivity index (χ0v) is 60.9. The minimum Gasteiger partial charge on any atom is -0.479 e. The van der Waals surface area contributed by atoms with E-state index in [2.05, 4.69) is 40.1 Å². The zero-order chi connectivity index (χ0) is 76.5. The third-order valence-corrected chi connectivity index (χ3v) is 22.5. The first-order chi connectivity index (χ1) is 50.8. The van der Waals surface area contributed by atoms with Gasteiger partial charge in [0.15, 0.2) is 16.9 Å². The molecule has 4 saturated carbocycles. The molecule has 4 bridgehead atoms. The Morgan fingerprint density at radius 2 is 1.57 bits per heavy atom. The first-order valence-electron chi connectivity index (χ1n) is 35.2. The Morgan fingerprint density at radius 3 is 2.29 bits per heavy atom. The van der Waals surface area contributed by atoms with Gasteiger partial charge in [0.2, 0.25) is 24.0 Å². The second kappa shape index (κ2) is 31.2. The number of pyridine rings is 1. The van der Waals surface area contributed by atoms with Gasteiger partial charge in [0.05, 0.1) is 34.3 Å². The van der Waals surface area contributed by atoms with Gasteiger partial charge in [-0.2, -0.15) is 13.5 Å². The number of fused-ring (bicyclic) bond motifs is 2. The van der Waals surface area contributed by atoms with Crippen LogP contribution in [0.3, 0.4) is 0 Å². The smallest absolute Gasteiger partial charge is 0.408 e. The molecular weight excluding hydrogens is 1430 g/mol. The number of alkyl carbamates (subject to hydrolysis) is 1. The summed E-state index contributed by atoms with van der Waals surface area (Å²) in [7, 11) is -3.54. The maximum Gasteiger partial charge on any atom is 0.408 e. The van der Waals surface area contributed by atoms with Gasteiger partial charge < -0.3 is 70.2 Å². The molecule has 3 aliphatic heterocycles. The standard InChI is InChI=1S/C73H85N11O21S2/c1-41-46(44-17-19-53(79-58(44)65(94)95)82-26-23-43-11-10-12-45(47(43)31-82)63(92)80-68-77-48-13-7-8-14-52(48)106-68)30-75-84(41)40-72-35-70(2)34-71(3,36-72)38-73(37-70,39-72)103-28-27-81(4)64(93)50(33-107(99,100)101)78-69(98)102-32-42-16-18-51(104-67-61(91)59(89)60(90)62(105-67)66(96)97)49(29-42)76-55(86)22-24-74-54(85)15-6-5-9-25-83-56(87)20-21-57(83)88/h7-8,10-14,16-21,29-30,50,59-62,67,89-91H,5-6,9,15,22-28,31-40H2,1-4H3,(H,74,85)(H,76,86)(H,78,98)(H,94,95)(H,96,97)(H,77,80,92)(H,99,100,101)/t50-,59+,60+,61-,62+,67-,70?,71?,72?,73?/m1/s1. The average molecular weight is 1520 g/mol. The molecule has 0 radical (unpaired) electrons. The van der Waals surface area contributed by atoms with E-state index < -0.39 is 112 Å². The van der Waals surface area contributed by atoms with E-state index in [1.165, 1.54) is 53.6 Å². The number of para-hydroxylation sites is 1. The summed E-state index contributed by atoms with van der Waals surface area (Å²) in [6.07, 6.45) is -0.836. The maximum atomic E-state index is 14.1. The van der Waals surface area contributed by atoms with Crippen LogP contribution in [-0.4, -0.2) is 209 Å². The molecule has 3 aromatic heterocycles. The Hall–Kier alpha value is -9.81. The van der Waals surface area contributed by atoms with Crippen molar-refractivity contribution in [1.29, 1.82) is 0 Å². The number of hydrogen-bond acceptors (Lipinski definition) is 23. The van der Waals surface area contributed by atoms with E-state index in [0.29, 0.717) is 79.4 Å². The number of nitrogens with one attached hydrogen (secondary N) is 4.